The van der Waals surface area contributed by atoms with Gasteiger partial charge in [0.15, 0.2) is 0 Å². The predicted octanol–water partition coefficient (Wildman–Crippen LogP) is 13.4. The average Bonchev–Trinajstić information content (AvgIpc) is 3.17. The third-order valence-electron chi connectivity index (χ3n) is 10.8. The van der Waals surface area contributed by atoms with E-state index in [4.69, 9.17) is 19.7 Å². The van der Waals surface area contributed by atoms with Gasteiger partial charge in [-0.2, -0.15) is 0 Å². The standard InChI is InChI=1S/C37H47N3.C13H17NO.Co/c1-22(2)28-15-11-16-29(23(3)4)36(28)38-32-19-9-13-26-21-27-14-10-20-33(35(27)40-34(26)32)39-37-30(24(5)6)17-12-18-31(37)25(7)8;1-4-10-14(11-5-2)12-6-8-13(15-3)9-7-12;/h11-12,15-18,21-25H,9-10,13-14,19-20H2,1-8H3;4-9H,1-2,10-11H2,3H3;. The second kappa shape index (κ2) is 20.8. The van der Waals surface area contributed by atoms with Crippen LogP contribution in [0.5, 0.6) is 5.75 Å². The number of para-hydroxylation sites is 2. The molecule has 1 heterocycles. The van der Waals surface area contributed by atoms with Crippen LogP contribution in [0.2, 0.25) is 0 Å². The quantitative estimate of drug-likeness (QED) is 0.134. The summed E-state index contributed by atoms with van der Waals surface area (Å²) in [5.74, 6) is 2.57. The Morgan fingerprint density at radius 2 is 1.02 bits per heavy atom. The Morgan fingerprint density at radius 1 is 0.625 bits per heavy atom. The maximum Gasteiger partial charge on any atom is 0.119 e. The molecular weight excluding hydrogens is 732 g/mol. The van der Waals surface area contributed by atoms with Crippen LogP contribution >= 0.6 is 0 Å². The van der Waals surface area contributed by atoms with E-state index in [1.807, 2.05) is 36.4 Å². The summed E-state index contributed by atoms with van der Waals surface area (Å²) in [6.07, 6.45) is 10.1. The topological polar surface area (TPSA) is 50.1 Å². The molecule has 0 spiro atoms. The first kappa shape index (κ1) is 44.5. The van der Waals surface area contributed by atoms with Crippen LogP contribution in [0.25, 0.3) is 0 Å². The van der Waals surface area contributed by atoms with E-state index in [0.717, 1.165) is 97.2 Å². The number of ether oxygens (including phenoxy) is 1. The van der Waals surface area contributed by atoms with Gasteiger partial charge in [-0.3, -0.25) is 9.98 Å². The molecule has 0 bridgehead atoms. The number of rotatable bonds is 12. The summed E-state index contributed by atoms with van der Waals surface area (Å²) in [5, 5.41) is 0. The number of pyridine rings is 1. The van der Waals surface area contributed by atoms with Crippen LogP contribution in [0.3, 0.4) is 0 Å². The molecule has 2 aliphatic rings. The van der Waals surface area contributed by atoms with Gasteiger partial charge in [0.25, 0.3) is 0 Å². The number of fused-ring (bicyclic) bond motifs is 2. The van der Waals surface area contributed by atoms with Crippen LogP contribution in [0.4, 0.5) is 17.1 Å². The molecule has 0 saturated heterocycles. The molecule has 5 nitrogen and oxygen atoms in total. The second-order valence-electron chi connectivity index (χ2n) is 16.2. The van der Waals surface area contributed by atoms with Crippen LogP contribution in [0.15, 0.2) is 102 Å². The fraction of sp³-hybridized carbons (Fsp3) is 0.420. The fourth-order valence-electron chi connectivity index (χ4n) is 7.77. The largest absolute Gasteiger partial charge is 0.497 e. The molecule has 1 aromatic heterocycles. The van der Waals surface area contributed by atoms with Crippen molar-refractivity contribution < 1.29 is 21.5 Å². The number of methoxy groups -OCH3 is 1. The third kappa shape index (κ3) is 10.6. The molecule has 0 fully saturated rings. The molecule has 0 atom stereocenters. The van der Waals surface area contributed by atoms with Crippen LogP contribution < -0.4 is 9.64 Å². The first-order chi connectivity index (χ1) is 26.5. The van der Waals surface area contributed by atoms with Gasteiger partial charge in [0.05, 0.1) is 41.3 Å². The van der Waals surface area contributed by atoms with Crippen LogP contribution in [-0.2, 0) is 29.6 Å². The normalized spacial score (nSPS) is 14.9. The zero-order valence-electron chi connectivity index (χ0n) is 35.4. The summed E-state index contributed by atoms with van der Waals surface area (Å²) in [6, 6.07) is 23.8. The maximum atomic E-state index is 5.45. The van der Waals surface area contributed by atoms with Crippen molar-refractivity contribution in [2.45, 2.75) is 118 Å². The molecule has 0 N–H and O–H groups in total. The van der Waals surface area contributed by atoms with E-state index in [1.54, 1.807) is 7.11 Å². The number of anilines is 1. The minimum atomic E-state index is 0. The first-order valence-corrected chi connectivity index (χ1v) is 20.5. The molecular formula is C50H64CoN4O. The van der Waals surface area contributed by atoms with Gasteiger partial charge in [-0.25, -0.2) is 4.98 Å². The molecule has 299 valence electrons. The third-order valence-corrected chi connectivity index (χ3v) is 10.8. The van der Waals surface area contributed by atoms with Crippen LogP contribution in [0, 0.1) is 0 Å². The number of aliphatic imine (C=N–C) groups is 2. The summed E-state index contributed by atoms with van der Waals surface area (Å²) in [6.45, 7) is 27.3. The zero-order chi connectivity index (χ0) is 39.6. The summed E-state index contributed by atoms with van der Waals surface area (Å²) in [4.78, 5) is 18.5. The molecule has 2 aliphatic carbocycles. The minimum Gasteiger partial charge on any atom is -0.497 e. The van der Waals surface area contributed by atoms with Crippen molar-refractivity contribution in [1.82, 2.24) is 4.98 Å². The smallest absolute Gasteiger partial charge is 0.119 e. The molecule has 1 radical (unpaired) electrons. The van der Waals surface area contributed by atoms with Crippen LogP contribution in [0.1, 0.15) is 150 Å². The van der Waals surface area contributed by atoms with Gasteiger partial charge in [-0.1, -0.05) is 110 Å². The Kier molecular flexibility index (Phi) is 16.5. The molecule has 0 saturated carbocycles. The molecule has 4 aromatic rings. The molecule has 0 amide bonds. The Morgan fingerprint density at radius 3 is 1.36 bits per heavy atom. The van der Waals surface area contributed by atoms with Crippen molar-refractivity contribution in [1.29, 1.82) is 0 Å². The van der Waals surface area contributed by atoms with E-state index in [-0.39, 0.29) is 16.8 Å². The average molecular weight is 796 g/mol. The van der Waals surface area contributed by atoms with Crippen molar-refractivity contribution in [3.63, 3.8) is 0 Å². The number of benzene rings is 3. The summed E-state index contributed by atoms with van der Waals surface area (Å²) >= 11 is 0. The summed E-state index contributed by atoms with van der Waals surface area (Å²) in [5.41, 5.74) is 16.0. The van der Waals surface area contributed by atoms with Gasteiger partial charge < -0.3 is 9.64 Å². The molecule has 6 heteroatoms. The number of hydrogen-bond donors (Lipinski definition) is 0. The van der Waals surface area contributed by atoms with Crippen molar-refractivity contribution in [3.05, 3.63) is 137 Å². The van der Waals surface area contributed by atoms with Crippen LogP contribution in [-0.4, -0.2) is 36.6 Å². The summed E-state index contributed by atoms with van der Waals surface area (Å²) < 4.78 is 5.11. The van der Waals surface area contributed by atoms with Crippen molar-refractivity contribution >= 4 is 28.5 Å². The van der Waals surface area contributed by atoms with E-state index in [2.05, 4.69) is 116 Å². The number of aromatic nitrogens is 1. The summed E-state index contributed by atoms with van der Waals surface area (Å²) in [7, 11) is 1.67. The first-order valence-electron chi connectivity index (χ1n) is 20.5. The number of hydrogen-bond acceptors (Lipinski definition) is 5. The molecule has 3 aromatic carbocycles. The maximum absolute atomic E-state index is 5.45. The fourth-order valence-corrected chi connectivity index (χ4v) is 7.77. The molecule has 0 unspecified atom stereocenters. The molecule has 56 heavy (non-hydrogen) atoms. The van der Waals surface area contributed by atoms with Crippen molar-refractivity contribution in [2.24, 2.45) is 9.98 Å². The second-order valence-corrected chi connectivity index (χ2v) is 16.2. The Balaban J connectivity index is 0.000000368. The van der Waals surface area contributed by atoms with Gasteiger partial charge >= 0.3 is 0 Å². The van der Waals surface area contributed by atoms with E-state index >= 15 is 0 Å². The van der Waals surface area contributed by atoms with E-state index in [9.17, 15) is 0 Å². The van der Waals surface area contributed by atoms with Gasteiger partial charge in [0, 0.05) is 35.6 Å². The van der Waals surface area contributed by atoms with E-state index < -0.39 is 0 Å². The number of aryl methyl sites for hydroxylation is 2. The van der Waals surface area contributed by atoms with Gasteiger partial charge in [-0.05, 0) is 120 Å². The van der Waals surface area contributed by atoms with E-state index in [1.165, 1.54) is 33.4 Å². The number of nitrogens with zero attached hydrogens (tertiary/aromatic N) is 4. The van der Waals surface area contributed by atoms with Crippen molar-refractivity contribution in [3.8, 4) is 5.75 Å². The zero-order valence-corrected chi connectivity index (χ0v) is 36.5. The molecule has 0 aliphatic heterocycles. The SMILES string of the molecule is C=CCN(CC=C)c1ccc(OC)cc1.CC(C)c1cccc(C(C)C)c1N=C1CCCc2cc3c(nc21)C(=Nc1c(C(C)C)cccc1C(C)C)CCC3.[Co]. The Bertz CT molecular complexity index is 1840. The van der Waals surface area contributed by atoms with E-state index in [0.29, 0.717) is 23.7 Å². The Labute approximate surface area is 348 Å². The van der Waals surface area contributed by atoms with Crippen molar-refractivity contribution in [2.75, 3.05) is 25.1 Å². The van der Waals surface area contributed by atoms with Gasteiger partial charge in [0.1, 0.15) is 5.75 Å². The molecule has 6 rings (SSSR count). The monoisotopic (exact) mass is 795 g/mol. The Hall–Kier alpha value is -4.26. The predicted molar refractivity (Wildman–Crippen MR) is 237 cm³/mol. The van der Waals surface area contributed by atoms with Gasteiger partial charge in [0.2, 0.25) is 0 Å². The minimum absolute atomic E-state index is 0. The van der Waals surface area contributed by atoms with Gasteiger partial charge in [-0.15, -0.1) is 13.2 Å².